The normalized spacial score (nSPS) is 10.1. The molecule has 1 nitrogen and oxygen atoms in total. The van der Waals surface area contributed by atoms with Crippen LogP contribution in [-0.2, 0) is 6.42 Å². The smallest absolute Gasteiger partial charge is 0.153 e. The fraction of sp³-hybridized carbons (Fsp3) is 0.192. The lowest BCUT2D eigenvalue weighted by atomic mass is 10.0. The Morgan fingerprint density at radius 2 is 1.37 bits per heavy atom. The number of rotatable bonds is 6. The van der Waals surface area contributed by atoms with Gasteiger partial charge in [0.2, 0.25) is 0 Å². The third-order valence-corrected chi connectivity index (χ3v) is 4.86. The van der Waals surface area contributed by atoms with E-state index < -0.39 is 17.3 Å². The minimum absolute atomic E-state index is 0.232. The molecule has 0 aliphatic carbocycles. The van der Waals surface area contributed by atoms with Crippen molar-refractivity contribution in [2.24, 2.45) is 4.99 Å². The maximum Gasteiger partial charge on any atom is 0.153 e. The van der Waals surface area contributed by atoms with Gasteiger partial charge >= 0.3 is 0 Å². The van der Waals surface area contributed by atoms with E-state index in [1.165, 1.54) is 24.8 Å². The highest BCUT2D eigenvalue weighted by Crippen LogP contribution is 2.23. The summed E-state index contributed by atoms with van der Waals surface area (Å²) in [4.78, 5) is 3.39. The number of unbranched alkanes of at least 4 members (excludes halogenated alkanes) is 2. The van der Waals surface area contributed by atoms with Crippen LogP contribution >= 0.6 is 12.2 Å². The van der Waals surface area contributed by atoms with E-state index >= 15 is 0 Å². The first-order chi connectivity index (χ1) is 14.6. The van der Waals surface area contributed by atoms with Crippen LogP contribution in [0.1, 0.15) is 42.9 Å². The molecule has 0 atom stereocenters. The van der Waals surface area contributed by atoms with Gasteiger partial charge in [0, 0.05) is 11.1 Å². The number of hydrogen-bond acceptors (Lipinski definition) is 2. The van der Waals surface area contributed by atoms with Gasteiger partial charge in [-0.1, -0.05) is 68.0 Å². The highest BCUT2D eigenvalue weighted by molar-refractivity contribution is 7.78. The molecule has 30 heavy (non-hydrogen) atoms. The van der Waals surface area contributed by atoms with E-state index in [0.717, 1.165) is 35.2 Å². The predicted molar refractivity (Wildman–Crippen MR) is 122 cm³/mol. The maximum atomic E-state index is 13.9. The van der Waals surface area contributed by atoms with Crippen molar-refractivity contribution in [1.82, 2.24) is 0 Å². The van der Waals surface area contributed by atoms with Crippen molar-refractivity contribution in [2.75, 3.05) is 0 Å². The zero-order valence-electron chi connectivity index (χ0n) is 16.7. The van der Waals surface area contributed by atoms with Gasteiger partial charge in [0.05, 0.1) is 5.16 Å². The summed E-state index contributed by atoms with van der Waals surface area (Å²) in [6, 6.07) is 18.7. The number of benzene rings is 3. The molecule has 150 valence electrons. The summed E-state index contributed by atoms with van der Waals surface area (Å²) in [6.07, 6.45) is 4.82. The predicted octanol–water partition coefficient (Wildman–Crippen LogP) is 7.50. The van der Waals surface area contributed by atoms with E-state index in [1.54, 1.807) is 0 Å². The van der Waals surface area contributed by atoms with Crippen LogP contribution < -0.4 is 0 Å². The summed E-state index contributed by atoms with van der Waals surface area (Å²) in [5.74, 6) is 4.09. The van der Waals surface area contributed by atoms with Gasteiger partial charge in [-0.15, -0.1) is 0 Å². The highest BCUT2D eigenvalue weighted by Gasteiger charge is 2.09. The molecule has 0 N–H and O–H groups in total. The van der Waals surface area contributed by atoms with Gasteiger partial charge in [0.25, 0.3) is 0 Å². The van der Waals surface area contributed by atoms with Crippen LogP contribution in [0.3, 0.4) is 0 Å². The number of aryl methyl sites for hydroxylation is 1. The molecular formula is C26H21F2NS. The molecule has 0 radical (unpaired) electrons. The monoisotopic (exact) mass is 417 g/mol. The number of aliphatic imine (C=N–C) groups is 1. The van der Waals surface area contributed by atoms with Crippen LogP contribution in [-0.4, -0.2) is 5.16 Å². The minimum Gasteiger partial charge on any atom is -0.204 e. The quantitative estimate of drug-likeness (QED) is 0.175. The Bertz CT molecular complexity index is 1090. The molecule has 4 heteroatoms. The fourth-order valence-electron chi connectivity index (χ4n) is 3.12. The zero-order valence-corrected chi connectivity index (χ0v) is 17.5. The summed E-state index contributed by atoms with van der Waals surface area (Å²) >= 11 is 4.40. The topological polar surface area (TPSA) is 12.4 Å². The Morgan fingerprint density at radius 3 is 1.93 bits per heavy atom. The first-order valence-electron chi connectivity index (χ1n) is 9.89. The first-order valence-corrected chi connectivity index (χ1v) is 10.3. The molecule has 0 unspecified atom stereocenters. The van der Waals surface area contributed by atoms with Gasteiger partial charge in [0.1, 0.15) is 5.69 Å². The SMILES string of the molecule is CCCCCc1ccc(-c2ccc(C#Cc3cc(F)c(N=C=S)c(F)c3)cc2)cc1. The maximum absolute atomic E-state index is 13.9. The van der Waals surface area contributed by atoms with E-state index in [2.05, 4.69) is 60.2 Å². The summed E-state index contributed by atoms with van der Waals surface area (Å²) in [6.45, 7) is 2.21. The van der Waals surface area contributed by atoms with Gasteiger partial charge in [-0.05, 0) is 66.0 Å². The molecule has 0 heterocycles. The van der Waals surface area contributed by atoms with E-state index in [9.17, 15) is 8.78 Å². The second-order valence-electron chi connectivity index (χ2n) is 6.97. The number of isothiocyanates is 1. The standard InChI is InChI=1S/C26H21F2NS/c1-2-3-4-5-19-8-12-22(13-9-19)23-14-10-20(11-15-23)6-7-21-16-24(27)26(29-18-30)25(28)17-21/h8-17H,2-5H2,1H3. The minimum atomic E-state index is -0.815. The third-order valence-electron chi connectivity index (χ3n) is 4.77. The summed E-state index contributed by atoms with van der Waals surface area (Å²) in [5.41, 5.74) is 4.15. The molecule has 0 bridgehead atoms. The molecule has 0 aliphatic heterocycles. The second kappa shape index (κ2) is 10.6. The van der Waals surface area contributed by atoms with Crippen LogP contribution in [0, 0.1) is 23.5 Å². The third kappa shape index (κ3) is 5.70. The van der Waals surface area contributed by atoms with Gasteiger partial charge < -0.3 is 0 Å². The van der Waals surface area contributed by atoms with Gasteiger partial charge in [-0.2, -0.15) is 4.99 Å². The highest BCUT2D eigenvalue weighted by atomic mass is 32.1. The number of nitrogens with zero attached hydrogens (tertiary/aromatic N) is 1. The number of halogens is 2. The summed E-state index contributed by atoms with van der Waals surface area (Å²) < 4.78 is 27.8. The van der Waals surface area contributed by atoms with Gasteiger partial charge in [-0.3, -0.25) is 0 Å². The van der Waals surface area contributed by atoms with Crippen molar-refractivity contribution in [1.29, 1.82) is 0 Å². The van der Waals surface area contributed by atoms with Crippen LogP contribution in [0.4, 0.5) is 14.5 Å². The average Bonchev–Trinajstić information content (AvgIpc) is 2.76. The lowest BCUT2D eigenvalue weighted by molar-refractivity contribution is 0.587. The Hall–Kier alpha value is -3.12. The Morgan fingerprint density at radius 1 is 0.800 bits per heavy atom. The molecule has 0 spiro atoms. The Labute approximate surface area is 181 Å². The van der Waals surface area contributed by atoms with Gasteiger partial charge in [0.15, 0.2) is 11.6 Å². The molecule has 3 rings (SSSR count). The van der Waals surface area contributed by atoms with E-state index in [1.807, 2.05) is 29.4 Å². The van der Waals surface area contributed by atoms with E-state index in [4.69, 9.17) is 0 Å². The van der Waals surface area contributed by atoms with Crippen molar-refractivity contribution in [3.63, 3.8) is 0 Å². The van der Waals surface area contributed by atoms with Crippen molar-refractivity contribution in [2.45, 2.75) is 32.6 Å². The van der Waals surface area contributed by atoms with Crippen molar-refractivity contribution >= 4 is 23.1 Å². The lowest BCUT2D eigenvalue weighted by Gasteiger charge is -2.05. The number of hydrogen-bond donors (Lipinski definition) is 0. The molecule has 3 aromatic carbocycles. The van der Waals surface area contributed by atoms with E-state index in [0.29, 0.717) is 0 Å². The molecule has 0 aliphatic rings. The van der Waals surface area contributed by atoms with Crippen LogP contribution in [0.25, 0.3) is 11.1 Å². The van der Waals surface area contributed by atoms with Crippen LogP contribution in [0.2, 0.25) is 0 Å². The Kier molecular flexibility index (Phi) is 7.63. The molecule has 0 aromatic heterocycles. The summed E-state index contributed by atoms with van der Waals surface area (Å²) in [7, 11) is 0. The van der Waals surface area contributed by atoms with Crippen molar-refractivity contribution in [3.05, 3.63) is 89.0 Å². The summed E-state index contributed by atoms with van der Waals surface area (Å²) in [5, 5.41) is 1.97. The number of thiocarbonyl (C=S) groups is 1. The van der Waals surface area contributed by atoms with Gasteiger partial charge in [-0.25, -0.2) is 8.78 Å². The largest absolute Gasteiger partial charge is 0.204 e. The first kappa shape index (κ1) is 21.6. The fourth-order valence-corrected chi connectivity index (χ4v) is 3.21. The molecule has 0 saturated carbocycles. The lowest BCUT2D eigenvalue weighted by Crippen LogP contribution is -1.87. The van der Waals surface area contributed by atoms with Crippen LogP contribution in [0.15, 0.2) is 65.7 Å². The molecular weight excluding hydrogens is 396 g/mol. The average molecular weight is 418 g/mol. The zero-order chi connectivity index (χ0) is 21.3. The molecule has 0 saturated heterocycles. The van der Waals surface area contributed by atoms with Crippen molar-refractivity contribution in [3.8, 4) is 23.0 Å². The molecule has 0 fully saturated rings. The Balaban J connectivity index is 1.72. The van der Waals surface area contributed by atoms with Crippen molar-refractivity contribution < 1.29 is 8.78 Å². The van der Waals surface area contributed by atoms with E-state index in [-0.39, 0.29) is 5.56 Å². The molecule has 0 amide bonds. The molecule has 3 aromatic rings. The van der Waals surface area contributed by atoms with Crippen LogP contribution in [0.5, 0.6) is 0 Å². The second-order valence-corrected chi connectivity index (χ2v) is 7.16.